The average molecular weight is 334 g/mol. The van der Waals surface area contributed by atoms with E-state index in [1.165, 1.54) is 0 Å². The zero-order valence-electron chi connectivity index (χ0n) is 8.13. The van der Waals surface area contributed by atoms with Crippen molar-refractivity contribution in [3.63, 3.8) is 0 Å². The zero-order chi connectivity index (χ0) is 11.1. The molecule has 1 aliphatic rings. The number of pyridine rings is 1. The van der Waals surface area contributed by atoms with Crippen LogP contribution in [0.5, 0.6) is 0 Å². The van der Waals surface area contributed by atoms with Gasteiger partial charge in [-0.05, 0) is 25.5 Å². The fourth-order valence-electron chi connectivity index (χ4n) is 1.34. The monoisotopic (exact) mass is 332 g/mol. The number of carbonyl (C=O) groups is 1. The number of nitrogens with zero attached hydrogens (tertiary/aromatic N) is 1. The molecule has 1 N–H and O–H groups in total. The van der Waals surface area contributed by atoms with Crippen molar-refractivity contribution in [2.24, 2.45) is 5.41 Å². The van der Waals surface area contributed by atoms with Gasteiger partial charge in [-0.3, -0.25) is 4.79 Å². The molecule has 1 fully saturated rings. The van der Waals surface area contributed by atoms with Crippen LogP contribution in [0.25, 0.3) is 0 Å². The molecule has 1 saturated carbocycles. The summed E-state index contributed by atoms with van der Waals surface area (Å²) >= 11 is 6.92. The summed E-state index contributed by atoms with van der Waals surface area (Å²) in [6.07, 6.45) is 2.43. The molecule has 1 aliphatic carbocycles. The maximum absolute atomic E-state index is 11.9. The van der Waals surface area contributed by atoms with Gasteiger partial charge in [-0.25, -0.2) is 4.98 Å². The van der Waals surface area contributed by atoms with Crippen LogP contribution in [-0.4, -0.2) is 14.1 Å². The summed E-state index contributed by atoms with van der Waals surface area (Å²) in [6, 6.07) is 5.43. The molecule has 5 heteroatoms. The van der Waals surface area contributed by atoms with Gasteiger partial charge < -0.3 is 5.32 Å². The van der Waals surface area contributed by atoms with E-state index in [9.17, 15) is 4.79 Å². The Kier molecular flexibility index (Phi) is 2.63. The number of halogens is 2. The quantitative estimate of drug-likeness (QED) is 0.845. The fourth-order valence-corrected chi connectivity index (χ4v) is 2.82. The lowest BCUT2D eigenvalue weighted by Crippen LogP contribution is -2.25. The molecule has 0 saturated heterocycles. The van der Waals surface area contributed by atoms with Gasteiger partial charge in [0.05, 0.1) is 8.65 Å². The minimum Gasteiger partial charge on any atom is -0.310 e. The van der Waals surface area contributed by atoms with Crippen molar-refractivity contribution < 1.29 is 4.79 Å². The first-order valence-corrected chi connectivity index (χ1v) is 6.15. The third kappa shape index (κ3) is 1.95. The molecule has 2 rings (SSSR count). The number of rotatable bonds is 2. The van der Waals surface area contributed by atoms with E-state index in [4.69, 9.17) is 0 Å². The zero-order valence-corrected chi connectivity index (χ0v) is 11.3. The molecule has 0 aliphatic heterocycles. The molecule has 0 radical (unpaired) electrons. The van der Waals surface area contributed by atoms with Gasteiger partial charge in [0.2, 0.25) is 5.91 Å². The molecule has 1 amide bonds. The Morgan fingerprint density at radius 3 is 2.67 bits per heavy atom. The summed E-state index contributed by atoms with van der Waals surface area (Å²) in [5.74, 6) is 0.571. The Balaban J connectivity index is 2.07. The first-order chi connectivity index (χ1) is 6.96. The summed E-state index contributed by atoms with van der Waals surface area (Å²) in [6.45, 7) is 1.91. The van der Waals surface area contributed by atoms with Gasteiger partial charge in [0.1, 0.15) is 5.82 Å². The molecule has 0 bridgehead atoms. The SMILES string of the molecule is C[C@]1(C(=O)Nc2ccccn2)CC1(Br)Br. The van der Waals surface area contributed by atoms with Crippen LogP contribution in [-0.2, 0) is 4.79 Å². The molecule has 80 valence electrons. The van der Waals surface area contributed by atoms with Crippen molar-refractivity contribution in [3.8, 4) is 0 Å². The number of anilines is 1. The third-order valence-electron chi connectivity index (χ3n) is 2.67. The smallest absolute Gasteiger partial charge is 0.233 e. The molecule has 0 unspecified atom stereocenters. The standard InChI is InChI=1S/C10H10Br2N2O/c1-9(6-10(9,11)12)8(15)14-7-4-2-3-5-13-7/h2-5H,6H2,1H3,(H,13,14,15)/t9-/m1/s1. The van der Waals surface area contributed by atoms with E-state index >= 15 is 0 Å². The first-order valence-electron chi connectivity index (χ1n) is 4.56. The predicted octanol–water partition coefficient (Wildman–Crippen LogP) is 2.92. The second kappa shape index (κ2) is 3.56. The summed E-state index contributed by atoms with van der Waals surface area (Å²) in [7, 11) is 0. The predicted molar refractivity (Wildman–Crippen MR) is 66.2 cm³/mol. The maximum atomic E-state index is 11.9. The van der Waals surface area contributed by atoms with E-state index in [2.05, 4.69) is 42.2 Å². The molecule has 0 spiro atoms. The highest BCUT2D eigenvalue weighted by Gasteiger charge is 2.66. The van der Waals surface area contributed by atoms with Gasteiger partial charge in [0.25, 0.3) is 0 Å². The highest BCUT2D eigenvalue weighted by molar-refractivity contribution is 9.25. The highest BCUT2D eigenvalue weighted by Crippen LogP contribution is 2.66. The van der Waals surface area contributed by atoms with Crippen LogP contribution in [0.4, 0.5) is 5.82 Å². The fraction of sp³-hybridized carbons (Fsp3) is 0.400. The van der Waals surface area contributed by atoms with Crippen LogP contribution >= 0.6 is 31.9 Å². The molecule has 15 heavy (non-hydrogen) atoms. The van der Waals surface area contributed by atoms with Crippen LogP contribution in [0.3, 0.4) is 0 Å². The summed E-state index contributed by atoms with van der Waals surface area (Å²) < 4.78 is -0.258. The van der Waals surface area contributed by atoms with Gasteiger partial charge >= 0.3 is 0 Å². The number of hydrogen-bond acceptors (Lipinski definition) is 2. The molecule has 1 heterocycles. The van der Waals surface area contributed by atoms with Crippen LogP contribution in [0, 0.1) is 5.41 Å². The highest BCUT2D eigenvalue weighted by atomic mass is 79.9. The van der Waals surface area contributed by atoms with Gasteiger partial charge in [-0.2, -0.15) is 0 Å². The van der Waals surface area contributed by atoms with Crippen LogP contribution in [0.1, 0.15) is 13.3 Å². The number of nitrogens with one attached hydrogen (secondary N) is 1. The van der Waals surface area contributed by atoms with E-state index in [0.29, 0.717) is 5.82 Å². The Labute approximate surface area is 105 Å². The topological polar surface area (TPSA) is 42.0 Å². The van der Waals surface area contributed by atoms with Crippen LogP contribution < -0.4 is 5.32 Å². The summed E-state index contributed by atoms with van der Waals surface area (Å²) in [5, 5.41) is 2.79. The summed E-state index contributed by atoms with van der Waals surface area (Å²) in [5.41, 5.74) is -0.398. The molecular formula is C10H10Br2N2O. The number of aromatic nitrogens is 1. The van der Waals surface area contributed by atoms with Crippen LogP contribution in [0.2, 0.25) is 0 Å². The van der Waals surface area contributed by atoms with Crippen molar-refractivity contribution >= 4 is 43.6 Å². The largest absolute Gasteiger partial charge is 0.310 e. The Bertz CT molecular complexity index is 394. The van der Waals surface area contributed by atoms with Gasteiger partial charge in [-0.15, -0.1) is 0 Å². The molecular weight excluding hydrogens is 324 g/mol. The van der Waals surface area contributed by atoms with E-state index < -0.39 is 5.41 Å². The van der Waals surface area contributed by atoms with E-state index in [1.807, 2.05) is 19.1 Å². The molecule has 1 aromatic rings. The van der Waals surface area contributed by atoms with Gasteiger partial charge in [-0.1, -0.05) is 37.9 Å². The van der Waals surface area contributed by atoms with Crippen molar-refractivity contribution in [1.82, 2.24) is 4.98 Å². The second-order valence-electron chi connectivity index (χ2n) is 3.88. The minimum absolute atomic E-state index is 0.0186. The normalized spacial score (nSPS) is 27.1. The van der Waals surface area contributed by atoms with Crippen LogP contribution in [0.15, 0.2) is 24.4 Å². The lowest BCUT2D eigenvalue weighted by atomic mass is 10.1. The Hall–Kier alpha value is -0.420. The van der Waals surface area contributed by atoms with E-state index in [-0.39, 0.29) is 9.14 Å². The first kappa shape index (κ1) is 11.1. The second-order valence-corrected chi connectivity index (χ2v) is 7.65. The minimum atomic E-state index is -0.398. The molecule has 3 nitrogen and oxygen atoms in total. The van der Waals surface area contributed by atoms with Crippen molar-refractivity contribution in [2.75, 3.05) is 5.32 Å². The van der Waals surface area contributed by atoms with Crippen molar-refractivity contribution in [3.05, 3.63) is 24.4 Å². The number of amides is 1. The number of hydrogen-bond donors (Lipinski definition) is 1. The molecule has 0 aromatic carbocycles. The summed E-state index contributed by atoms with van der Waals surface area (Å²) in [4.78, 5) is 15.9. The number of carbonyl (C=O) groups excluding carboxylic acids is 1. The average Bonchev–Trinajstić information content (AvgIpc) is 2.69. The lowest BCUT2D eigenvalue weighted by Gasteiger charge is -2.12. The van der Waals surface area contributed by atoms with Gasteiger partial charge in [0.15, 0.2) is 0 Å². The van der Waals surface area contributed by atoms with E-state index in [1.54, 1.807) is 12.3 Å². The Morgan fingerprint density at radius 2 is 2.20 bits per heavy atom. The third-order valence-corrected chi connectivity index (χ3v) is 4.98. The van der Waals surface area contributed by atoms with Gasteiger partial charge in [0, 0.05) is 6.20 Å². The molecule has 1 atom stereocenters. The van der Waals surface area contributed by atoms with E-state index in [0.717, 1.165) is 6.42 Å². The maximum Gasteiger partial charge on any atom is 0.233 e. The van der Waals surface area contributed by atoms with Crippen molar-refractivity contribution in [1.29, 1.82) is 0 Å². The molecule has 1 aromatic heterocycles. The van der Waals surface area contributed by atoms with Crippen molar-refractivity contribution in [2.45, 2.75) is 16.6 Å². The number of alkyl halides is 2. The Morgan fingerprint density at radius 1 is 1.53 bits per heavy atom. The lowest BCUT2D eigenvalue weighted by molar-refractivity contribution is -0.120.